The third kappa shape index (κ3) is 4.89. The summed E-state index contributed by atoms with van der Waals surface area (Å²) in [6, 6.07) is 14.1. The lowest BCUT2D eigenvalue weighted by Crippen LogP contribution is -2.38. The number of hydrogen-bond acceptors (Lipinski definition) is 6. The Kier molecular flexibility index (Phi) is 6.23. The van der Waals surface area contributed by atoms with Gasteiger partial charge in [-0.15, -0.1) is 0 Å². The minimum absolute atomic E-state index is 0.110. The lowest BCUT2D eigenvalue weighted by atomic mass is 10.1. The number of anilines is 1. The van der Waals surface area contributed by atoms with Gasteiger partial charge in [-0.3, -0.25) is 19.6 Å². The van der Waals surface area contributed by atoms with Gasteiger partial charge >= 0.3 is 0 Å². The Morgan fingerprint density at radius 2 is 1.90 bits per heavy atom. The number of nitrogens with one attached hydrogen (secondary N) is 1. The molecule has 0 bridgehead atoms. The summed E-state index contributed by atoms with van der Waals surface area (Å²) in [7, 11) is 0. The van der Waals surface area contributed by atoms with Crippen LogP contribution in [0.1, 0.15) is 21.5 Å². The number of carbonyl (C=O) groups excluding carboxylic acids is 1. The van der Waals surface area contributed by atoms with E-state index in [4.69, 9.17) is 4.74 Å². The van der Waals surface area contributed by atoms with E-state index < -0.39 is 4.92 Å². The first-order valence-electron chi connectivity index (χ1n) is 10.1. The zero-order valence-electron chi connectivity index (χ0n) is 16.9. The van der Waals surface area contributed by atoms with Crippen molar-refractivity contribution in [2.75, 3.05) is 31.2 Å². The fourth-order valence-electron chi connectivity index (χ4n) is 3.62. The molecule has 0 radical (unpaired) electrons. The van der Waals surface area contributed by atoms with Gasteiger partial charge in [-0.25, -0.2) is 0 Å². The van der Waals surface area contributed by atoms with E-state index in [1.165, 1.54) is 12.1 Å². The van der Waals surface area contributed by atoms with Crippen LogP contribution in [0.5, 0.6) is 0 Å². The lowest BCUT2D eigenvalue weighted by Gasteiger charge is -2.30. The number of benzene rings is 2. The summed E-state index contributed by atoms with van der Waals surface area (Å²) < 4.78 is 7.20. The first kappa shape index (κ1) is 20.5. The zero-order chi connectivity index (χ0) is 21.6. The maximum Gasteiger partial charge on any atom is 0.270 e. The van der Waals surface area contributed by atoms with Gasteiger partial charge in [-0.1, -0.05) is 24.3 Å². The van der Waals surface area contributed by atoms with Gasteiger partial charge in [0.15, 0.2) is 0 Å². The van der Waals surface area contributed by atoms with Crippen molar-refractivity contribution in [1.82, 2.24) is 15.1 Å². The normalized spacial score (nSPS) is 13.7. The molecule has 0 unspecified atom stereocenters. The van der Waals surface area contributed by atoms with Gasteiger partial charge in [0, 0.05) is 44.2 Å². The molecule has 1 N–H and O–H groups in total. The summed E-state index contributed by atoms with van der Waals surface area (Å²) in [4.78, 5) is 25.9. The fraction of sp³-hybridized carbons (Fsp3) is 0.273. The molecule has 0 aliphatic carbocycles. The van der Waals surface area contributed by atoms with Gasteiger partial charge in [-0.05, 0) is 23.3 Å². The van der Waals surface area contributed by atoms with Crippen molar-refractivity contribution in [2.45, 2.75) is 13.1 Å². The van der Waals surface area contributed by atoms with Gasteiger partial charge in [0.2, 0.25) is 0 Å². The van der Waals surface area contributed by atoms with Crippen LogP contribution in [0.25, 0.3) is 0 Å². The first-order valence-corrected chi connectivity index (χ1v) is 10.1. The fourth-order valence-corrected chi connectivity index (χ4v) is 3.62. The first-order chi connectivity index (χ1) is 15.1. The Hall–Kier alpha value is -3.72. The van der Waals surface area contributed by atoms with Crippen LogP contribution >= 0.6 is 0 Å². The summed E-state index contributed by atoms with van der Waals surface area (Å²) in [5.41, 5.74) is 2.86. The van der Waals surface area contributed by atoms with Gasteiger partial charge in [0.05, 0.1) is 35.9 Å². The van der Waals surface area contributed by atoms with Crippen LogP contribution in [0.3, 0.4) is 0 Å². The molecule has 3 aromatic rings. The van der Waals surface area contributed by atoms with E-state index in [-0.39, 0.29) is 11.6 Å². The Balaban J connectivity index is 1.54. The van der Waals surface area contributed by atoms with Crippen molar-refractivity contribution in [3.05, 3.63) is 87.7 Å². The Morgan fingerprint density at radius 1 is 1.13 bits per heavy atom. The molecule has 1 aliphatic rings. The van der Waals surface area contributed by atoms with Gasteiger partial charge < -0.3 is 15.0 Å². The smallest absolute Gasteiger partial charge is 0.270 e. The Morgan fingerprint density at radius 3 is 2.61 bits per heavy atom. The minimum Gasteiger partial charge on any atom is -0.378 e. The summed E-state index contributed by atoms with van der Waals surface area (Å²) in [6.45, 7) is 3.27. The van der Waals surface area contributed by atoms with Gasteiger partial charge in [0.1, 0.15) is 0 Å². The van der Waals surface area contributed by atoms with Gasteiger partial charge in [0.25, 0.3) is 11.6 Å². The van der Waals surface area contributed by atoms with E-state index in [2.05, 4.69) is 10.4 Å². The molecule has 1 aromatic heterocycles. The molecule has 9 heteroatoms. The molecule has 1 fully saturated rings. The molecule has 0 spiro atoms. The highest BCUT2D eigenvalue weighted by molar-refractivity contribution is 6.00. The molecule has 1 amide bonds. The van der Waals surface area contributed by atoms with Crippen LogP contribution in [-0.4, -0.2) is 46.9 Å². The summed E-state index contributed by atoms with van der Waals surface area (Å²) >= 11 is 0. The number of carbonyl (C=O) groups is 1. The van der Waals surface area contributed by atoms with Crippen molar-refractivity contribution >= 4 is 17.3 Å². The topological polar surface area (TPSA) is 103 Å². The third-order valence-corrected chi connectivity index (χ3v) is 5.24. The lowest BCUT2D eigenvalue weighted by molar-refractivity contribution is -0.384. The van der Waals surface area contributed by atoms with Crippen LogP contribution in [0, 0.1) is 10.1 Å². The molecule has 9 nitrogen and oxygen atoms in total. The number of hydrogen-bond donors (Lipinski definition) is 1. The van der Waals surface area contributed by atoms with Crippen LogP contribution in [0.2, 0.25) is 0 Å². The van der Waals surface area contributed by atoms with Crippen LogP contribution in [0.4, 0.5) is 11.4 Å². The number of amides is 1. The standard InChI is InChI=1S/C22H23N5O4/c28-22(23-15-17-4-1-2-5-18(17)16-26-9-3-8-24-26)20-14-19(27(29)30)6-7-21(20)25-10-12-31-13-11-25/h1-9,14H,10-13,15-16H2,(H,23,28). The maximum absolute atomic E-state index is 13.1. The molecule has 1 aliphatic heterocycles. The average Bonchev–Trinajstić information content (AvgIpc) is 3.31. The number of rotatable bonds is 7. The number of nitro groups is 1. The second-order valence-electron chi connectivity index (χ2n) is 7.21. The van der Waals surface area contributed by atoms with Crippen LogP contribution in [-0.2, 0) is 17.8 Å². The predicted molar refractivity (Wildman–Crippen MR) is 115 cm³/mol. The molecule has 0 saturated carbocycles. The SMILES string of the molecule is O=C(NCc1ccccc1Cn1cccn1)c1cc([N+](=O)[O-])ccc1N1CCOCC1. The van der Waals surface area contributed by atoms with E-state index in [1.54, 1.807) is 12.3 Å². The highest BCUT2D eigenvalue weighted by Crippen LogP contribution is 2.26. The molecule has 2 heterocycles. The van der Waals surface area contributed by atoms with E-state index in [1.807, 2.05) is 46.1 Å². The summed E-state index contributed by atoms with van der Waals surface area (Å²) in [6.07, 6.45) is 3.60. The highest BCUT2D eigenvalue weighted by Gasteiger charge is 2.22. The molecule has 2 aromatic carbocycles. The molecular formula is C22H23N5O4. The molecule has 160 valence electrons. The molecule has 1 saturated heterocycles. The Labute approximate surface area is 179 Å². The average molecular weight is 421 g/mol. The van der Waals surface area contributed by atoms with Crippen LogP contribution < -0.4 is 10.2 Å². The Bertz CT molecular complexity index is 1060. The maximum atomic E-state index is 13.1. The van der Waals surface area contributed by atoms with E-state index in [9.17, 15) is 14.9 Å². The van der Waals surface area contributed by atoms with Crippen molar-refractivity contribution in [1.29, 1.82) is 0 Å². The second kappa shape index (κ2) is 9.40. The van der Waals surface area contributed by atoms with Gasteiger partial charge in [-0.2, -0.15) is 5.10 Å². The minimum atomic E-state index is -0.487. The van der Waals surface area contributed by atoms with E-state index >= 15 is 0 Å². The number of morpholine rings is 1. The number of non-ortho nitro benzene ring substituents is 1. The van der Waals surface area contributed by atoms with Crippen LogP contribution in [0.15, 0.2) is 60.9 Å². The number of ether oxygens (including phenoxy) is 1. The van der Waals surface area contributed by atoms with Crippen molar-refractivity contribution in [3.63, 3.8) is 0 Å². The molecule has 31 heavy (non-hydrogen) atoms. The highest BCUT2D eigenvalue weighted by atomic mass is 16.6. The van der Waals surface area contributed by atoms with Crippen molar-refractivity contribution < 1.29 is 14.5 Å². The van der Waals surface area contributed by atoms with Crippen molar-refractivity contribution in [3.8, 4) is 0 Å². The number of aromatic nitrogens is 2. The summed E-state index contributed by atoms with van der Waals surface area (Å²) in [5, 5.41) is 18.4. The van der Waals surface area contributed by atoms with E-state index in [0.717, 1.165) is 11.1 Å². The van der Waals surface area contributed by atoms with E-state index in [0.29, 0.717) is 50.6 Å². The summed E-state index contributed by atoms with van der Waals surface area (Å²) in [5.74, 6) is -0.348. The molecule has 0 atom stereocenters. The number of nitro benzene ring substituents is 1. The second-order valence-corrected chi connectivity index (χ2v) is 7.21. The quantitative estimate of drug-likeness (QED) is 0.465. The largest absolute Gasteiger partial charge is 0.378 e. The predicted octanol–water partition coefficient (Wildman–Crippen LogP) is 2.61. The number of nitrogens with zero attached hydrogens (tertiary/aromatic N) is 4. The molecule has 4 rings (SSSR count). The zero-order valence-corrected chi connectivity index (χ0v) is 16.9. The third-order valence-electron chi connectivity index (χ3n) is 5.24. The van der Waals surface area contributed by atoms with Crippen molar-refractivity contribution in [2.24, 2.45) is 0 Å². The molecular weight excluding hydrogens is 398 g/mol. The monoisotopic (exact) mass is 421 g/mol.